The highest BCUT2D eigenvalue weighted by molar-refractivity contribution is 6.17. The minimum Gasteiger partial charge on any atom is -0.122 e. The molecule has 0 nitrogen and oxygen atoms in total. The van der Waals surface area contributed by atoms with E-state index >= 15 is 0 Å². The average molecular weight is 191 g/mol. The topological polar surface area (TPSA) is 0 Å². The fraction of sp³-hybridized carbons (Fsp3) is 0.167. The maximum atomic E-state index is 5.78. The minimum absolute atomic E-state index is 0.588. The molecular weight excluding hydrogens is 180 g/mol. The molecule has 1 heteroatoms. The van der Waals surface area contributed by atoms with Crippen LogP contribution in [0.5, 0.6) is 0 Å². The van der Waals surface area contributed by atoms with E-state index in [1.165, 1.54) is 21.9 Å². The summed E-state index contributed by atoms with van der Waals surface area (Å²) in [4.78, 5) is 0. The Morgan fingerprint density at radius 3 is 2.77 bits per heavy atom. The van der Waals surface area contributed by atoms with Crippen molar-refractivity contribution in [1.82, 2.24) is 0 Å². The second-order valence-electron chi connectivity index (χ2n) is 3.26. The smallest absolute Gasteiger partial charge is 0.0474 e. The molecule has 0 saturated carbocycles. The van der Waals surface area contributed by atoms with E-state index < -0.39 is 0 Å². The first kappa shape index (κ1) is 8.58. The number of halogens is 1. The molecule has 0 saturated heterocycles. The molecule has 0 aliphatic rings. The Bertz CT molecular complexity index is 432. The highest BCUT2D eigenvalue weighted by Gasteiger charge is 1.97. The van der Waals surface area contributed by atoms with Crippen LogP contribution in [-0.4, -0.2) is 0 Å². The van der Waals surface area contributed by atoms with Gasteiger partial charge in [0.25, 0.3) is 0 Å². The molecule has 66 valence electrons. The molecule has 0 unspecified atom stereocenters. The molecule has 0 atom stereocenters. The number of hydrogen-bond donors (Lipinski definition) is 0. The van der Waals surface area contributed by atoms with Crippen LogP contribution in [0, 0.1) is 6.92 Å². The van der Waals surface area contributed by atoms with E-state index in [4.69, 9.17) is 11.6 Å². The fourth-order valence-corrected chi connectivity index (χ4v) is 1.73. The zero-order valence-electron chi connectivity index (χ0n) is 7.55. The molecule has 0 amide bonds. The van der Waals surface area contributed by atoms with Gasteiger partial charge in [0, 0.05) is 5.88 Å². The summed E-state index contributed by atoms with van der Waals surface area (Å²) >= 11 is 5.78. The minimum atomic E-state index is 0.588. The SMILES string of the molecule is Cc1cccc2ccc(CCl)cc12. The van der Waals surface area contributed by atoms with Crippen LogP contribution in [0.15, 0.2) is 36.4 Å². The lowest BCUT2D eigenvalue weighted by Gasteiger charge is -2.03. The van der Waals surface area contributed by atoms with Crippen LogP contribution in [0.1, 0.15) is 11.1 Å². The normalized spacial score (nSPS) is 10.6. The van der Waals surface area contributed by atoms with Gasteiger partial charge in [0.15, 0.2) is 0 Å². The quantitative estimate of drug-likeness (QED) is 0.599. The summed E-state index contributed by atoms with van der Waals surface area (Å²) in [6.45, 7) is 2.13. The standard InChI is InChI=1S/C12H11Cl/c1-9-3-2-4-11-6-5-10(8-13)7-12(9)11/h2-7H,8H2,1H3. The van der Waals surface area contributed by atoms with Gasteiger partial charge in [0.1, 0.15) is 0 Å². The van der Waals surface area contributed by atoms with E-state index in [9.17, 15) is 0 Å². The molecule has 13 heavy (non-hydrogen) atoms. The van der Waals surface area contributed by atoms with E-state index in [2.05, 4.69) is 43.3 Å². The zero-order chi connectivity index (χ0) is 9.26. The van der Waals surface area contributed by atoms with Crippen molar-refractivity contribution in [3.8, 4) is 0 Å². The summed E-state index contributed by atoms with van der Waals surface area (Å²) in [6, 6.07) is 12.7. The lowest BCUT2D eigenvalue weighted by atomic mass is 10.0. The van der Waals surface area contributed by atoms with Gasteiger partial charge in [0.2, 0.25) is 0 Å². The summed E-state index contributed by atoms with van der Waals surface area (Å²) in [5, 5.41) is 2.59. The first-order valence-electron chi connectivity index (χ1n) is 4.35. The van der Waals surface area contributed by atoms with E-state index in [0.29, 0.717) is 5.88 Å². The van der Waals surface area contributed by atoms with Crippen molar-refractivity contribution in [1.29, 1.82) is 0 Å². The molecular formula is C12H11Cl. The van der Waals surface area contributed by atoms with Gasteiger partial charge < -0.3 is 0 Å². The summed E-state index contributed by atoms with van der Waals surface area (Å²) < 4.78 is 0. The molecule has 0 fully saturated rings. The molecule has 0 bridgehead atoms. The van der Waals surface area contributed by atoms with Gasteiger partial charge in [-0.25, -0.2) is 0 Å². The van der Waals surface area contributed by atoms with Gasteiger partial charge >= 0.3 is 0 Å². The molecule has 0 aliphatic carbocycles. The third-order valence-electron chi connectivity index (χ3n) is 2.32. The highest BCUT2D eigenvalue weighted by Crippen LogP contribution is 2.20. The van der Waals surface area contributed by atoms with Gasteiger partial charge in [-0.3, -0.25) is 0 Å². The van der Waals surface area contributed by atoms with Gasteiger partial charge in [0.05, 0.1) is 0 Å². The Kier molecular flexibility index (Phi) is 2.24. The Hall–Kier alpha value is -1.01. The van der Waals surface area contributed by atoms with Crippen molar-refractivity contribution in [3.63, 3.8) is 0 Å². The molecule has 2 rings (SSSR count). The van der Waals surface area contributed by atoms with Crippen molar-refractivity contribution in [2.45, 2.75) is 12.8 Å². The molecule has 0 heterocycles. The number of fused-ring (bicyclic) bond motifs is 1. The monoisotopic (exact) mass is 190 g/mol. The molecule has 0 spiro atoms. The molecule has 0 aliphatic heterocycles. The van der Waals surface area contributed by atoms with Gasteiger partial charge in [-0.1, -0.05) is 30.3 Å². The molecule has 0 N–H and O–H groups in total. The predicted octanol–water partition coefficient (Wildman–Crippen LogP) is 3.89. The van der Waals surface area contributed by atoms with Crippen LogP contribution in [0.3, 0.4) is 0 Å². The van der Waals surface area contributed by atoms with E-state index in [1.54, 1.807) is 0 Å². The largest absolute Gasteiger partial charge is 0.122 e. The predicted molar refractivity (Wildman–Crippen MR) is 58.2 cm³/mol. The van der Waals surface area contributed by atoms with Crippen LogP contribution < -0.4 is 0 Å². The second kappa shape index (κ2) is 3.39. The van der Waals surface area contributed by atoms with Gasteiger partial charge in [-0.05, 0) is 34.9 Å². The maximum absolute atomic E-state index is 5.78. The Morgan fingerprint density at radius 2 is 2.00 bits per heavy atom. The number of alkyl halides is 1. The molecule has 0 aromatic heterocycles. The van der Waals surface area contributed by atoms with Crippen LogP contribution in [0.25, 0.3) is 10.8 Å². The summed E-state index contributed by atoms with van der Waals surface area (Å²) in [5.41, 5.74) is 2.49. The third-order valence-corrected chi connectivity index (χ3v) is 2.63. The fourth-order valence-electron chi connectivity index (χ4n) is 1.56. The summed E-state index contributed by atoms with van der Waals surface area (Å²) in [5.74, 6) is 0.588. The second-order valence-corrected chi connectivity index (χ2v) is 3.53. The summed E-state index contributed by atoms with van der Waals surface area (Å²) in [6.07, 6.45) is 0. The first-order valence-corrected chi connectivity index (χ1v) is 4.89. The van der Waals surface area contributed by atoms with Crippen molar-refractivity contribution in [3.05, 3.63) is 47.5 Å². The molecule has 2 aromatic carbocycles. The summed E-state index contributed by atoms with van der Waals surface area (Å²) in [7, 11) is 0. The van der Waals surface area contributed by atoms with Crippen molar-refractivity contribution in [2.75, 3.05) is 0 Å². The lowest BCUT2D eigenvalue weighted by molar-refractivity contribution is 1.41. The lowest BCUT2D eigenvalue weighted by Crippen LogP contribution is -1.81. The first-order chi connectivity index (χ1) is 6.31. The van der Waals surface area contributed by atoms with E-state index in [0.717, 1.165) is 0 Å². The van der Waals surface area contributed by atoms with Crippen LogP contribution in [-0.2, 0) is 5.88 Å². The van der Waals surface area contributed by atoms with Crippen LogP contribution in [0.2, 0.25) is 0 Å². The number of benzene rings is 2. The van der Waals surface area contributed by atoms with Crippen molar-refractivity contribution >= 4 is 22.4 Å². The highest BCUT2D eigenvalue weighted by atomic mass is 35.5. The molecule has 0 radical (unpaired) electrons. The Morgan fingerprint density at radius 1 is 1.15 bits per heavy atom. The van der Waals surface area contributed by atoms with Crippen molar-refractivity contribution in [2.24, 2.45) is 0 Å². The van der Waals surface area contributed by atoms with Crippen LogP contribution >= 0.6 is 11.6 Å². The average Bonchev–Trinajstić information content (AvgIpc) is 2.18. The maximum Gasteiger partial charge on any atom is 0.0474 e. The van der Waals surface area contributed by atoms with E-state index in [-0.39, 0.29) is 0 Å². The number of hydrogen-bond acceptors (Lipinski definition) is 0. The zero-order valence-corrected chi connectivity index (χ0v) is 8.31. The van der Waals surface area contributed by atoms with E-state index in [1.807, 2.05) is 0 Å². The van der Waals surface area contributed by atoms with Gasteiger partial charge in [-0.2, -0.15) is 0 Å². The molecule has 2 aromatic rings. The van der Waals surface area contributed by atoms with Crippen molar-refractivity contribution < 1.29 is 0 Å². The Labute approximate surface area is 83.1 Å². The van der Waals surface area contributed by atoms with Gasteiger partial charge in [-0.15, -0.1) is 11.6 Å². The Balaban J connectivity index is 2.74. The van der Waals surface area contributed by atoms with Crippen LogP contribution in [0.4, 0.5) is 0 Å². The number of rotatable bonds is 1. The third kappa shape index (κ3) is 1.54. The number of aryl methyl sites for hydroxylation is 1.